The molecule has 10 heteroatoms. The summed E-state index contributed by atoms with van der Waals surface area (Å²) in [6.07, 6.45) is 6.48. The van der Waals surface area contributed by atoms with Crippen molar-refractivity contribution in [3.63, 3.8) is 0 Å². The molecule has 1 aromatic heterocycles. The smallest absolute Gasteiger partial charge is 0.250 e. The minimum atomic E-state index is -2.57. The number of halogens is 2. The van der Waals surface area contributed by atoms with E-state index in [1.165, 1.54) is 0 Å². The maximum atomic E-state index is 13.4. The Morgan fingerprint density at radius 2 is 1.88 bits per heavy atom. The van der Waals surface area contributed by atoms with E-state index >= 15 is 0 Å². The lowest BCUT2D eigenvalue weighted by molar-refractivity contribution is -0.125. The third-order valence-electron chi connectivity index (χ3n) is 7.77. The number of nitrogens with one attached hydrogen (secondary N) is 2. The molecule has 2 fully saturated rings. The van der Waals surface area contributed by atoms with Gasteiger partial charge in [-0.2, -0.15) is 0 Å². The molecule has 0 radical (unpaired) electrons. The molecule has 40 heavy (non-hydrogen) atoms. The Kier molecular flexibility index (Phi) is 8.12. The van der Waals surface area contributed by atoms with Crippen molar-refractivity contribution in [3.05, 3.63) is 53.2 Å². The van der Waals surface area contributed by atoms with Crippen LogP contribution in [-0.2, 0) is 4.79 Å². The predicted molar refractivity (Wildman–Crippen MR) is 150 cm³/mol. The Morgan fingerprint density at radius 1 is 1.15 bits per heavy atom. The number of carbonyl (C=O) groups excluding carboxylic acids is 1. The normalized spacial score (nSPS) is 20.6. The highest BCUT2D eigenvalue weighted by Crippen LogP contribution is 2.34. The number of alkyl halides is 2. The molecule has 0 saturated carbocycles. The molecule has 5 rings (SSSR count). The van der Waals surface area contributed by atoms with E-state index in [-0.39, 0.29) is 24.8 Å². The molecular formula is C30H35F2N5O3. The van der Waals surface area contributed by atoms with Crippen LogP contribution in [0.4, 0.5) is 14.6 Å². The minimum Gasteiger partial charge on any atom is -0.497 e. The topological polar surface area (TPSA) is 82.8 Å². The number of aromatic nitrogens is 1. The van der Waals surface area contributed by atoms with Gasteiger partial charge in [-0.05, 0) is 18.6 Å². The number of benzene rings is 1. The van der Waals surface area contributed by atoms with E-state index in [4.69, 9.17) is 14.9 Å². The van der Waals surface area contributed by atoms with Crippen molar-refractivity contribution in [2.75, 3.05) is 58.8 Å². The van der Waals surface area contributed by atoms with Crippen LogP contribution in [0.25, 0.3) is 0 Å². The molecule has 0 bridgehead atoms. The van der Waals surface area contributed by atoms with Crippen molar-refractivity contribution in [1.82, 2.24) is 14.4 Å². The summed E-state index contributed by atoms with van der Waals surface area (Å²) in [7, 11) is 3.19. The number of fused-ring (bicyclic) bond motifs is 1. The number of carbonyl (C=O) groups is 1. The lowest BCUT2D eigenvalue weighted by atomic mass is 10.0. The number of amides is 1. The first kappa shape index (κ1) is 27.7. The number of piperidine rings is 1. The lowest BCUT2D eigenvalue weighted by Gasteiger charge is -2.30. The van der Waals surface area contributed by atoms with Crippen molar-refractivity contribution < 1.29 is 23.0 Å². The first-order valence-corrected chi connectivity index (χ1v) is 13.6. The second-order valence-electron chi connectivity index (χ2n) is 10.5. The van der Waals surface area contributed by atoms with Crippen LogP contribution in [0.2, 0.25) is 0 Å². The largest absolute Gasteiger partial charge is 0.497 e. The van der Waals surface area contributed by atoms with E-state index in [0.29, 0.717) is 62.9 Å². The van der Waals surface area contributed by atoms with Crippen molar-refractivity contribution in [3.8, 4) is 23.3 Å². The van der Waals surface area contributed by atoms with E-state index in [9.17, 15) is 13.6 Å². The van der Waals surface area contributed by atoms with E-state index in [0.717, 1.165) is 28.9 Å². The number of likely N-dealkylation sites (tertiary alicyclic amines) is 2. The molecular weight excluding hydrogens is 516 g/mol. The van der Waals surface area contributed by atoms with E-state index in [1.807, 2.05) is 28.1 Å². The molecule has 2 N–H and O–H groups in total. The molecule has 8 nitrogen and oxygen atoms in total. The molecule has 0 spiro atoms. The van der Waals surface area contributed by atoms with Crippen molar-refractivity contribution in [2.45, 2.75) is 37.6 Å². The summed E-state index contributed by atoms with van der Waals surface area (Å²) in [5, 5.41) is 12.1. The molecule has 212 valence electrons. The average molecular weight is 552 g/mol. The molecule has 1 atom stereocenters. The zero-order valence-corrected chi connectivity index (χ0v) is 22.9. The van der Waals surface area contributed by atoms with Crippen molar-refractivity contribution in [2.24, 2.45) is 0 Å². The zero-order chi connectivity index (χ0) is 28.3. The van der Waals surface area contributed by atoms with Gasteiger partial charge in [-0.15, -0.1) is 0 Å². The zero-order valence-electron chi connectivity index (χ0n) is 22.9. The van der Waals surface area contributed by atoms with Crippen molar-refractivity contribution >= 4 is 17.4 Å². The number of hydrogen-bond donors (Lipinski definition) is 2. The SMILES string of the molecule is COc1cc(C#Cc2cn([C@H]3CCN(C(=O)/C=C/CN4CCC(F)(F)CC4)C3)c3c2C(=N)CCN3)cc(OC)c1. The Balaban J connectivity index is 1.29. The fourth-order valence-corrected chi connectivity index (χ4v) is 5.48. The Bertz CT molecular complexity index is 1340. The van der Waals surface area contributed by atoms with Crippen LogP contribution in [-0.4, -0.2) is 85.4 Å². The summed E-state index contributed by atoms with van der Waals surface area (Å²) >= 11 is 0. The maximum Gasteiger partial charge on any atom is 0.250 e. The maximum absolute atomic E-state index is 13.4. The van der Waals surface area contributed by atoms with Gasteiger partial charge >= 0.3 is 0 Å². The highest BCUT2D eigenvalue weighted by Gasteiger charge is 2.34. The summed E-state index contributed by atoms with van der Waals surface area (Å²) in [6.45, 7) is 3.03. The molecule has 0 aliphatic carbocycles. The monoisotopic (exact) mass is 551 g/mol. The summed E-state index contributed by atoms with van der Waals surface area (Å²) in [6, 6.07) is 5.54. The fraction of sp³-hybridized carbons (Fsp3) is 0.467. The van der Waals surface area contributed by atoms with Gasteiger partial charge in [-0.3, -0.25) is 9.69 Å². The summed E-state index contributed by atoms with van der Waals surface area (Å²) < 4.78 is 39.6. The Hall–Kier alpha value is -3.84. The van der Waals surface area contributed by atoms with E-state index in [2.05, 4.69) is 21.7 Å². The van der Waals surface area contributed by atoms with Crippen LogP contribution in [0.5, 0.6) is 11.5 Å². The minimum absolute atomic E-state index is 0.0567. The quantitative estimate of drug-likeness (QED) is 0.417. The molecule has 3 aliphatic rings. The van der Waals surface area contributed by atoms with Crippen LogP contribution >= 0.6 is 0 Å². The second kappa shape index (κ2) is 11.7. The molecule has 1 amide bonds. The number of ether oxygens (including phenoxy) is 2. The Labute approximate surface area is 233 Å². The van der Waals surface area contributed by atoms with Gasteiger partial charge in [0.15, 0.2) is 0 Å². The number of rotatable bonds is 6. The third kappa shape index (κ3) is 6.15. The summed E-state index contributed by atoms with van der Waals surface area (Å²) in [5.74, 6) is 6.00. The number of hydrogen-bond acceptors (Lipinski definition) is 6. The molecule has 2 saturated heterocycles. The first-order chi connectivity index (χ1) is 19.3. The van der Waals surface area contributed by atoms with Gasteiger partial charge in [0.05, 0.1) is 31.4 Å². The molecule has 0 unspecified atom stereocenters. The number of anilines is 1. The molecule has 4 heterocycles. The van der Waals surface area contributed by atoms with Gasteiger partial charge in [0.2, 0.25) is 5.91 Å². The van der Waals surface area contributed by atoms with E-state index in [1.54, 1.807) is 32.4 Å². The summed E-state index contributed by atoms with van der Waals surface area (Å²) in [4.78, 5) is 16.6. The number of methoxy groups -OCH3 is 2. The highest BCUT2D eigenvalue weighted by molar-refractivity contribution is 6.06. The van der Waals surface area contributed by atoms with Gasteiger partial charge in [-0.25, -0.2) is 8.78 Å². The lowest BCUT2D eigenvalue weighted by Crippen LogP contribution is -2.39. The number of nitrogens with zero attached hydrogens (tertiary/aromatic N) is 3. The molecule has 2 aromatic rings. The van der Waals surface area contributed by atoms with Gasteiger partial charge in [0, 0.05) is 88.1 Å². The summed E-state index contributed by atoms with van der Waals surface area (Å²) in [5.41, 5.74) is 2.87. The Morgan fingerprint density at radius 3 is 2.58 bits per heavy atom. The highest BCUT2D eigenvalue weighted by atomic mass is 19.3. The third-order valence-corrected chi connectivity index (χ3v) is 7.77. The van der Waals surface area contributed by atoms with Crippen LogP contribution in [0.3, 0.4) is 0 Å². The molecule has 1 aromatic carbocycles. The van der Waals surface area contributed by atoms with Gasteiger partial charge in [-0.1, -0.05) is 17.9 Å². The standard InChI is InChI=1S/C30H35F2N5O3/c1-39-24-16-21(17-25(18-24)40-2)5-6-22-19-37(29-28(22)26(33)7-11-34-29)23-8-13-36(20-23)27(38)4-3-12-35-14-9-30(31,32)10-15-35/h3-4,16-19,23,33-34H,7-15,20H2,1-2H3/b4-3+,33-26?/t23-/m0/s1. The van der Waals surface area contributed by atoms with Crippen LogP contribution in [0.1, 0.15) is 48.4 Å². The predicted octanol–water partition coefficient (Wildman–Crippen LogP) is 4.15. The first-order valence-electron chi connectivity index (χ1n) is 13.6. The van der Waals surface area contributed by atoms with Crippen LogP contribution < -0.4 is 14.8 Å². The van der Waals surface area contributed by atoms with Crippen LogP contribution in [0.15, 0.2) is 36.5 Å². The van der Waals surface area contributed by atoms with E-state index < -0.39 is 5.92 Å². The van der Waals surface area contributed by atoms with Gasteiger partial charge < -0.3 is 29.7 Å². The fourth-order valence-electron chi connectivity index (χ4n) is 5.48. The average Bonchev–Trinajstić information content (AvgIpc) is 3.58. The van der Waals surface area contributed by atoms with Crippen molar-refractivity contribution in [1.29, 1.82) is 5.41 Å². The van der Waals surface area contributed by atoms with Gasteiger partial charge in [0.1, 0.15) is 17.3 Å². The van der Waals surface area contributed by atoms with Gasteiger partial charge in [0.25, 0.3) is 5.92 Å². The van der Waals surface area contributed by atoms with Crippen LogP contribution in [0, 0.1) is 17.3 Å². The molecule has 3 aliphatic heterocycles. The second-order valence-corrected chi connectivity index (χ2v) is 10.5.